The number of hydrogen-bond donors (Lipinski definition) is 0. The highest BCUT2D eigenvalue weighted by Crippen LogP contribution is 2.36. The fourth-order valence-electron chi connectivity index (χ4n) is 3.71. The van der Waals surface area contributed by atoms with Gasteiger partial charge >= 0.3 is 0 Å². The van der Waals surface area contributed by atoms with Crippen molar-refractivity contribution in [2.24, 2.45) is 7.05 Å². The van der Waals surface area contributed by atoms with E-state index >= 15 is 0 Å². The zero-order valence-electron chi connectivity index (χ0n) is 13.8. The highest BCUT2D eigenvalue weighted by Gasteiger charge is 2.39. The van der Waals surface area contributed by atoms with Crippen LogP contribution < -0.4 is 0 Å². The van der Waals surface area contributed by atoms with Crippen LogP contribution in [0.15, 0.2) is 17.3 Å². The number of sulfonamides is 1. The second-order valence-electron chi connectivity index (χ2n) is 6.56. The Labute approximate surface area is 141 Å². The van der Waals surface area contributed by atoms with Crippen LogP contribution in [0.25, 0.3) is 0 Å². The summed E-state index contributed by atoms with van der Waals surface area (Å²) >= 11 is 0. The van der Waals surface area contributed by atoms with Crippen molar-refractivity contribution in [1.29, 1.82) is 0 Å². The van der Waals surface area contributed by atoms with E-state index in [-0.39, 0.29) is 10.9 Å². The highest BCUT2D eigenvalue weighted by atomic mass is 32.2. The minimum Gasteiger partial charge on any atom is -0.314 e. The van der Waals surface area contributed by atoms with Gasteiger partial charge < -0.3 is 4.57 Å². The first-order valence-electron chi connectivity index (χ1n) is 8.50. The molecule has 9 heteroatoms. The van der Waals surface area contributed by atoms with Gasteiger partial charge in [0, 0.05) is 32.8 Å². The Morgan fingerprint density at radius 3 is 2.79 bits per heavy atom. The first-order valence-corrected chi connectivity index (χ1v) is 9.94. The summed E-state index contributed by atoms with van der Waals surface area (Å²) in [5.74, 6) is 1.80. The van der Waals surface area contributed by atoms with E-state index in [4.69, 9.17) is 0 Å². The van der Waals surface area contributed by atoms with Gasteiger partial charge in [0.05, 0.1) is 12.2 Å². The van der Waals surface area contributed by atoms with Gasteiger partial charge in [-0.15, -0.1) is 10.2 Å². The summed E-state index contributed by atoms with van der Waals surface area (Å²) in [5, 5.41) is 12.7. The van der Waals surface area contributed by atoms with Crippen LogP contribution in [0.1, 0.15) is 49.8 Å². The van der Waals surface area contributed by atoms with Crippen LogP contribution in [0.4, 0.5) is 0 Å². The summed E-state index contributed by atoms with van der Waals surface area (Å²) < 4.78 is 31.2. The third-order valence-electron chi connectivity index (χ3n) is 4.93. The monoisotopic (exact) mass is 350 g/mol. The fourth-order valence-corrected chi connectivity index (χ4v) is 5.35. The van der Waals surface area contributed by atoms with Gasteiger partial charge in [0.1, 0.15) is 10.7 Å². The first kappa shape index (κ1) is 15.8. The Balaban J connectivity index is 1.70. The average molecular weight is 350 g/mol. The Hall–Kier alpha value is -1.74. The second-order valence-corrected chi connectivity index (χ2v) is 8.45. The number of nitrogens with zero attached hydrogens (tertiary/aromatic N) is 6. The van der Waals surface area contributed by atoms with Crippen LogP contribution in [0.3, 0.4) is 0 Å². The number of aromatic nitrogens is 5. The van der Waals surface area contributed by atoms with Crippen LogP contribution >= 0.6 is 0 Å². The number of rotatable bonds is 3. The Kier molecular flexibility index (Phi) is 3.92. The van der Waals surface area contributed by atoms with Crippen molar-refractivity contribution < 1.29 is 8.42 Å². The smallest absolute Gasteiger partial charge is 0.246 e. The molecule has 0 bridgehead atoms. The summed E-state index contributed by atoms with van der Waals surface area (Å²) in [7, 11) is -1.84. The van der Waals surface area contributed by atoms with Crippen molar-refractivity contribution >= 4 is 10.0 Å². The lowest BCUT2D eigenvalue weighted by atomic mass is 10.2. The number of hydrogen-bond acceptors (Lipinski definition) is 5. The van der Waals surface area contributed by atoms with Crippen LogP contribution in [0.2, 0.25) is 0 Å². The van der Waals surface area contributed by atoms with E-state index in [0.29, 0.717) is 6.54 Å². The molecule has 2 aromatic heterocycles. The standard InChI is InChI=1S/C15H22N6O2S/c1-19-11-12(10-16-19)24(22,23)21-9-5-6-13(21)15-18-17-14-7-3-2-4-8-20(14)15/h10-11,13H,2-9H2,1H3/t13-/m1/s1. The zero-order chi connectivity index (χ0) is 16.7. The van der Waals surface area contributed by atoms with Crippen LogP contribution in [-0.2, 0) is 30.0 Å². The molecule has 0 aromatic carbocycles. The lowest BCUT2D eigenvalue weighted by Gasteiger charge is -2.23. The lowest BCUT2D eigenvalue weighted by molar-refractivity contribution is 0.370. The lowest BCUT2D eigenvalue weighted by Crippen LogP contribution is -2.32. The third-order valence-corrected chi connectivity index (χ3v) is 6.79. The quantitative estimate of drug-likeness (QED) is 0.832. The van der Waals surface area contributed by atoms with Gasteiger partial charge in [0.25, 0.3) is 0 Å². The minimum atomic E-state index is -3.56. The SMILES string of the molecule is Cn1cc(S(=O)(=O)N2CCC[C@@H]2c2nnc3n2CCCCC3)cn1. The molecule has 2 aromatic rings. The predicted octanol–water partition coefficient (Wildman–Crippen LogP) is 1.26. The van der Waals surface area contributed by atoms with E-state index in [2.05, 4.69) is 19.9 Å². The molecule has 4 rings (SSSR count). The largest absolute Gasteiger partial charge is 0.314 e. The molecule has 0 unspecified atom stereocenters. The van der Waals surface area contributed by atoms with Gasteiger partial charge in [-0.05, 0) is 25.7 Å². The third kappa shape index (κ3) is 2.55. The van der Waals surface area contributed by atoms with E-state index in [1.807, 2.05) is 0 Å². The van der Waals surface area contributed by atoms with Crippen LogP contribution in [0.5, 0.6) is 0 Å². The molecule has 0 aliphatic carbocycles. The molecule has 0 saturated carbocycles. The predicted molar refractivity (Wildman–Crippen MR) is 86.7 cm³/mol. The molecule has 4 heterocycles. The van der Waals surface area contributed by atoms with Crippen molar-refractivity contribution in [2.75, 3.05) is 6.54 Å². The fraction of sp³-hybridized carbons (Fsp3) is 0.667. The molecular weight excluding hydrogens is 328 g/mol. The maximum absolute atomic E-state index is 13.0. The molecular formula is C15H22N6O2S. The van der Waals surface area contributed by atoms with Gasteiger partial charge in [-0.1, -0.05) is 6.42 Å². The van der Waals surface area contributed by atoms with E-state index in [1.54, 1.807) is 17.5 Å². The molecule has 2 aliphatic rings. The molecule has 1 atom stereocenters. The van der Waals surface area contributed by atoms with Crippen molar-refractivity contribution in [3.8, 4) is 0 Å². The van der Waals surface area contributed by atoms with Crippen LogP contribution in [-0.4, -0.2) is 43.8 Å². The van der Waals surface area contributed by atoms with Gasteiger partial charge in [0.15, 0.2) is 5.82 Å². The summed E-state index contributed by atoms with van der Waals surface area (Å²) in [6.45, 7) is 1.40. The van der Waals surface area contributed by atoms with E-state index < -0.39 is 10.0 Å². The Morgan fingerprint density at radius 2 is 2.00 bits per heavy atom. The maximum atomic E-state index is 13.0. The molecule has 0 spiro atoms. The first-order chi connectivity index (χ1) is 11.6. The highest BCUT2D eigenvalue weighted by molar-refractivity contribution is 7.89. The zero-order valence-corrected chi connectivity index (χ0v) is 14.6. The van der Waals surface area contributed by atoms with E-state index in [1.165, 1.54) is 17.3 Å². The van der Waals surface area contributed by atoms with Gasteiger partial charge in [-0.2, -0.15) is 9.40 Å². The minimum absolute atomic E-state index is 0.227. The average Bonchev–Trinajstić information content (AvgIpc) is 3.24. The van der Waals surface area contributed by atoms with Crippen molar-refractivity contribution in [2.45, 2.75) is 56.0 Å². The summed E-state index contributed by atoms with van der Waals surface area (Å²) in [4.78, 5) is 0.243. The Morgan fingerprint density at radius 1 is 1.12 bits per heavy atom. The molecule has 8 nitrogen and oxygen atoms in total. The summed E-state index contributed by atoms with van der Waals surface area (Å²) in [5.41, 5.74) is 0. The molecule has 0 amide bonds. The van der Waals surface area contributed by atoms with Gasteiger partial charge in [-0.3, -0.25) is 4.68 Å². The maximum Gasteiger partial charge on any atom is 0.246 e. The van der Waals surface area contributed by atoms with Crippen molar-refractivity contribution in [1.82, 2.24) is 28.9 Å². The normalized spacial score (nSPS) is 22.5. The summed E-state index contributed by atoms with van der Waals surface area (Å²) in [6.07, 6.45) is 8.93. The second kappa shape index (κ2) is 5.96. The number of aryl methyl sites for hydroxylation is 2. The van der Waals surface area contributed by atoms with Crippen molar-refractivity contribution in [3.63, 3.8) is 0 Å². The molecule has 1 fully saturated rings. The van der Waals surface area contributed by atoms with Crippen LogP contribution in [0, 0.1) is 0 Å². The van der Waals surface area contributed by atoms with Gasteiger partial charge in [0.2, 0.25) is 10.0 Å². The Bertz CT molecular complexity index is 840. The number of fused-ring (bicyclic) bond motifs is 1. The molecule has 2 aliphatic heterocycles. The molecule has 0 radical (unpaired) electrons. The van der Waals surface area contributed by atoms with Gasteiger partial charge in [-0.25, -0.2) is 8.42 Å². The molecule has 0 N–H and O–H groups in total. The van der Waals surface area contributed by atoms with E-state index in [9.17, 15) is 8.42 Å². The molecule has 1 saturated heterocycles. The van der Waals surface area contributed by atoms with E-state index in [0.717, 1.165) is 50.3 Å². The molecule has 24 heavy (non-hydrogen) atoms. The summed E-state index contributed by atoms with van der Waals surface area (Å²) in [6, 6.07) is -0.227. The topological polar surface area (TPSA) is 85.9 Å². The molecule has 130 valence electrons. The van der Waals surface area contributed by atoms with Crippen molar-refractivity contribution in [3.05, 3.63) is 24.0 Å².